The number of rotatable bonds is 8. The van der Waals surface area contributed by atoms with Crippen molar-refractivity contribution in [2.24, 2.45) is 5.92 Å². The van der Waals surface area contributed by atoms with Crippen LogP contribution in [0, 0.1) is 5.92 Å². The van der Waals surface area contributed by atoms with Gasteiger partial charge >= 0.3 is 0 Å². The number of carbonyl (C=O) groups is 1. The van der Waals surface area contributed by atoms with E-state index in [1.54, 1.807) is 0 Å². The monoisotopic (exact) mass is 215 g/mol. The summed E-state index contributed by atoms with van der Waals surface area (Å²) >= 11 is 0. The maximum Gasteiger partial charge on any atom is 0.218 e. The number of hydrogen-bond donors (Lipinski definition) is 1. The average molecular weight is 215 g/mol. The van der Waals surface area contributed by atoms with Gasteiger partial charge in [0.2, 0.25) is 5.91 Å². The average Bonchev–Trinajstić information content (AvgIpc) is 2.17. The van der Waals surface area contributed by atoms with Crippen LogP contribution in [0.25, 0.3) is 0 Å². The van der Waals surface area contributed by atoms with Crippen LogP contribution < -0.4 is 5.32 Å². The summed E-state index contributed by atoms with van der Waals surface area (Å²) in [6.45, 7) is 8.51. The SMILES string of the molecule is CCCCC(CC)COC(C)NC(C)=O. The Morgan fingerprint density at radius 3 is 2.53 bits per heavy atom. The summed E-state index contributed by atoms with van der Waals surface area (Å²) in [4.78, 5) is 10.7. The molecule has 0 aromatic rings. The van der Waals surface area contributed by atoms with E-state index in [4.69, 9.17) is 4.74 Å². The van der Waals surface area contributed by atoms with E-state index in [-0.39, 0.29) is 12.1 Å². The van der Waals surface area contributed by atoms with Crippen molar-refractivity contribution in [2.75, 3.05) is 6.61 Å². The predicted molar refractivity (Wildman–Crippen MR) is 62.5 cm³/mol. The topological polar surface area (TPSA) is 38.3 Å². The maximum atomic E-state index is 10.7. The van der Waals surface area contributed by atoms with Crippen molar-refractivity contribution >= 4 is 5.91 Å². The summed E-state index contributed by atoms with van der Waals surface area (Å²) in [6, 6.07) is 0. The van der Waals surface area contributed by atoms with Gasteiger partial charge in [-0.15, -0.1) is 0 Å². The highest BCUT2D eigenvalue weighted by molar-refractivity contribution is 5.72. The maximum absolute atomic E-state index is 10.7. The minimum Gasteiger partial charge on any atom is -0.359 e. The first-order valence-electron chi connectivity index (χ1n) is 5.98. The Morgan fingerprint density at radius 2 is 2.07 bits per heavy atom. The third-order valence-electron chi connectivity index (χ3n) is 2.53. The van der Waals surface area contributed by atoms with Gasteiger partial charge in [-0.05, 0) is 19.3 Å². The molecule has 0 aromatic carbocycles. The summed E-state index contributed by atoms with van der Waals surface area (Å²) in [5, 5.41) is 2.72. The van der Waals surface area contributed by atoms with Gasteiger partial charge in [-0.3, -0.25) is 4.79 Å². The molecule has 0 aliphatic carbocycles. The first kappa shape index (κ1) is 14.4. The van der Waals surface area contributed by atoms with Crippen LogP contribution >= 0.6 is 0 Å². The molecule has 0 radical (unpaired) electrons. The van der Waals surface area contributed by atoms with E-state index in [9.17, 15) is 4.79 Å². The second-order valence-corrected chi connectivity index (χ2v) is 4.09. The third-order valence-corrected chi connectivity index (χ3v) is 2.53. The molecule has 0 aliphatic rings. The Labute approximate surface area is 93.6 Å². The molecular weight excluding hydrogens is 190 g/mol. The Hall–Kier alpha value is -0.570. The van der Waals surface area contributed by atoms with E-state index in [1.807, 2.05) is 6.92 Å². The van der Waals surface area contributed by atoms with Gasteiger partial charge in [0.1, 0.15) is 6.23 Å². The fourth-order valence-corrected chi connectivity index (χ4v) is 1.51. The standard InChI is InChI=1S/C12H25NO2/c1-5-7-8-12(6-2)9-15-11(4)13-10(3)14/h11-12H,5-9H2,1-4H3,(H,13,14). The molecular formula is C12H25NO2. The summed E-state index contributed by atoms with van der Waals surface area (Å²) in [6.07, 6.45) is 4.69. The molecule has 0 saturated heterocycles. The molecule has 90 valence electrons. The summed E-state index contributed by atoms with van der Waals surface area (Å²) in [5.41, 5.74) is 0. The fraction of sp³-hybridized carbons (Fsp3) is 0.917. The van der Waals surface area contributed by atoms with Crippen LogP contribution in [0.2, 0.25) is 0 Å². The summed E-state index contributed by atoms with van der Waals surface area (Å²) in [7, 11) is 0. The van der Waals surface area contributed by atoms with Crippen LogP contribution in [0.15, 0.2) is 0 Å². The van der Waals surface area contributed by atoms with Crippen molar-refractivity contribution in [3.05, 3.63) is 0 Å². The molecule has 0 rings (SSSR count). The molecule has 0 heterocycles. The van der Waals surface area contributed by atoms with Crippen LogP contribution in [-0.2, 0) is 9.53 Å². The Bertz CT molecular complexity index is 171. The Kier molecular flexibility index (Phi) is 8.38. The number of ether oxygens (including phenoxy) is 1. The van der Waals surface area contributed by atoms with Gasteiger partial charge in [-0.2, -0.15) is 0 Å². The fourth-order valence-electron chi connectivity index (χ4n) is 1.51. The van der Waals surface area contributed by atoms with Gasteiger partial charge in [0.15, 0.2) is 0 Å². The number of hydrogen-bond acceptors (Lipinski definition) is 2. The van der Waals surface area contributed by atoms with E-state index in [1.165, 1.54) is 26.2 Å². The third kappa shape index (κ3) is 8.43. The number of unbranched alkanes of at least 4 members (excludes halogenated alkanes) is 1. The smallest absolute Gasteiger partial charge is 0.218 e. The van der Waals surface area contributed by atoms with E-state index in [0.717, 1.165) is 13.0 Å². The summed E-state index contributed by atoms with van der Waals surface area (Å²) < 4.78 is 5.57. The molecule has 0 aliphatic heterocycles. The molecule has 15 heavy (non-hydrogen) atoms. The van der Waals surface area contributed by atoms with Gasteiger partial charge in [0, 0.05) is 6.92 Å². The van der Waals surface area contributed by atoms with E-state index in [0.29, 0.717) is 5.92 Å². The van der Waals surface area contributed by atoms with Crippen LogP contribution in [0.5, 0.6) is 0 Å². The quantitative estimate of drug-likeness (QED) is 0.632. The summed E-state index contributed by atoms with van der Waals surface area (Å²) in [5.74, 6) is 0.588. The second-order valence-electron chi connectivity index (χ2n) is 4.09. The molecule has 1 amide bonds. The van der Waals surface area contributed by atoms with Gasteiger partial charge < -0.3 is 10.1 Å². The molecule has 1 N–H and O–H groups in total. The lowest BCUT2D eigenvalue weighted by molar-refractivity contribution is -0.123. The number of amides is 1. The highest BCUT2D eigenvalue weighted by atomic mass is 16.5. The number of carbonyl (C=O) groups excluding carboxylic acids is 1. The first-order valence-corrected chi connectivity index (χ1v) is 5.98. The molecule has 3 heteroatoms. The lowest BCUT2D eigenvalue weighted by Crippen LogP contribution is -2.33. The van der Waals surface area contributed by atoms with Gasteiger partial charge in [0.25, 0.3) is 0 Å². The second kappa shape index (κ2) is 8.72. The van der Waals surface area contributed by atoms with E-state index in [2.05, 4.69) is 19.2 Å². The highest BCUT2D eigenvalue weighted by Gasteiger charge is 2.09. The zero-order valence-electron chi connectivity index (χ0n) is 10.5. The molecule has 3 nitrogen and oxygen atoms in total. The van der Waals surface area contributed by atoms with Crippen molar-refractivity contribution in [3.63, 3.8) is 0 Å². The van der Waals surface area contributed by atoms with Crippen molar-refractivity contribution in [3.8, 4) is 0 Å². The van der Waals surface area contributed by atoms with Gasteiger partial charge in [-0.25, -0.2) is 0 Å². The first-order chi connectivity index (χ1) is 7.10. The molecule has 0 fully saturated rings. The molecule has 0 saturated carbocycles. The largest absolute Gasteiger partial charge is 0.359 e. The lowest BCUT2D eigenvalue weighted by atomic mass is 10.0. The van der Waals surface area contributed by atoms with Crippen LogP contribution in [-0.4, -0.2) is 18.7 Å². The van der Waals surface area contributed by atoms with Crippen molar-refractivity contribution in [1.82, 2.24) is 5.32 Å². The van der Waals surface area contributed by atoms with Crippen LogP contribution in [0.4, 0.5) is 0 Å². The van der Waals surface area contributed by atoms with E-state index >= 15 is 0 Å². The zero-order chi connectivity index (χ0) is 11.7. The highest BCUT2D eigenvalue weighted by Crippen LogP contribution is 2.13. The Morgan fingerprint density at radius 1 is 1.40 bits per heavy atom. The molecule has 2 atom stereocenters. The molecule has 0 aromatic heterocycles. The molecule has 0 bridgehead atoms. The molecule has 0 spiro atoms. The number of nitrogens with one attached hydrogen (secondary N) is 1. The molecule has 2 unspecified atom stereocenters. The normalized spacial score (nSPS) is 14.7. The van der Waals surface area contributed by atoms with Crippen LogP contribution in [0.1, 0.15) is 53.4 Å². The van der Waals surface area contributed by atoms with Crippen molar-refractivity contribution in [1.29, 1.82) is 0 Å². The van der Waals surface area contributed by atoms with Gasteiger partial charge in [0.05, 0.1) is 6.61 Å². The van der Waals surface area contributed by atoms with Gasteiger partial charge in [-0.1, -0.05) is 33.1 Å². The Balaban J connectivity index is 3.64. The zero-order valence-corrected chi connectivity index (χ0v) is 10.5. The minimum atomic E-state index is -0.168. The predicted octanol–water partition coefficient (Wildman–Crippen LogP) is 2.70. The van der Waals surface area contributed by atoms with Crippen LogP contribution in [0.3, 0.4) is 0 Å². The lowest BCUT2D eigenvalue weighted by Gasteiger charge is -2.19. The van der Waals surface area contributed by atoms with Crippen molar-refractivity contribution < 1.29 is 9.53 Å². The van der Waals surface area contributed by atoms with E-state index < -0.39 is 0 Å². The minimum absolute atomic E-state index is 0.0379. The van der Waals surface area contributed by atoms with Crippen molar-refractivity contribution in [2.45, 2.75) is 59.6 Å².